The fraction of sp³-hybridized carbons (Fsp3) is 0.455. The predicted octanol–water partition coefficient (Wildman–Crippen LogP) is -0.358. The second-order valence-electron chi connectivity index (χ2n) is 4.21. The molecule has 1 N–H and O–H groups in total. The molecule has 0 aliphatic heterocycles. The highest BCUT2D eigenvalue weighted by Gasteiger charge is 2.14. The number of aromatic nitrogens is 4. The fourth-order valence-electron chi connectivity index (χ4n) is 1.65. The highest BCUT2D eigenvalue weighted by molar-refractivity contribution is 7.12. The number of amides is 1. The van der Waals surface area contributed by atoms with Gasteiger partial charge in [0.15, 0.2) is 0 Å². The molecule has 0 radical (unpaired) electrons. The number of hydrogen-bond donors (Lipinski definition) is 1. The third kappa shape index (κ3) is 3.31. The third-order valence-electron chi connectivity index (χ3n) is 2.47. The monoisotopic (exact) mass is 297 g/mol. The fourth-order valence-corrected chi connectivity index (χ4v) is 2.32. The summed E-state index contributed by atoms with van der Waals surface area (Å²) in [6.07, 6.45) is 0. The van der Waals surface area contributed by atoms with Crippen molar-refractivity contribution in [3.8, 4) is 5.00 Å². The van der Waals surface area contributed by atoms with E-state index in [1.54, 1.807) is 13.2 Å². The van der Waals surface area contributed by atoms with Gasteiger partial charge in [-0.25, -0.2) is 4.79 Å². The molecule has 0 aromatic carbocycles. The van der Waals surface area contributed by atoms with E-state index in [4.69, 9.17) is 4.74 Å². The van der Waals surface area contributed by atoms with Gasteiger partial charge >= 0.3 is 5.69 Å². The summed E-state index contributed by atoms with van der Waals surface area (Å²) in [6.45, 7) is 2.05. The maximum Gasteiger partial charge on any atom is 0.369 e. The summed E-state index contributed by atoms with van der Waals surface area (Å²) in [7, 11) is 1.56. The summed E-state index contributed by atoms with van der Waals surface area (Å²) in [4.78, 5) is 23.8. The first-order valence-electron chi connectivity index (χ1n) is 5.97. The van der Waals surface area contributed by atoms with Crippen molar-refractivity contribution in [1.82, 2.24) is 25.1 Å². The van der Waals surface area contributed by atoms with Gasteiger partial charge in [0.1, 0.15) is 11.5 Å². The van der Waals surface area contributed by atoms with E-state index in [1.807, 2.05) is 18.4 Å². The molecule has 108 valence electrons. The Morgan fingerprint density at radius 2 is 2.35 bits per heavy atom. The summed E-state index contributed by atoms with van der Waals surface area (Å²) in [5.41, 5.74) is -0.443. The van der Waals surface area contributed by atoms with Crippen molar-refractivity contribution in [2.75, 3.05) is 13.7 Å². The van der Waals surface area contributed by atoms with Crippen LogP contribution in [0.5, 0.6) is 0 Å². The molecule has 8 nitrogen and oxygen atoms in total. The van der Waals surface area contributed by atoms with Crippen LogP contribution < -0.4 is 11.0 Å². The van der Waals surface area contributed by atoms with Gasteiger partial charge in [0, 0.05) is 13.2 Å². The van der Waals surface area contributed by atoms with Crippen molar-refractivity contribution in [1.29, 1.82) is 0 Å². The molecule has 2 aromatic rings. The van der Waals surface area contributed by atoms with Crippen LogP contribution in [0.3, 0.4) is 0 Å². The smallest absolute Gasteiger partial charge is 0.369 e. The van der Waals surface area contributed by atoms with Crippen molar-refractivity contribution >= 4 is 17.2 Å². The Bertz CT molecular complexity index is 618. The van der Waals surface area contributed by atoms with Gasteiger partial charge in [-0.1, -0.05) is 0 Å². The van der Waals surface area contributed by atoms with Crippen LogP contribution in [0.4, 0.5) is 0 Å². The van der Waals surface area contributed by atoms with Crippen LogP contribution in [0.1, 0.15) is 6.92 Å². The Hall–Kier alpha value is -2.00. The van der Waals surface area contributed by atoms with E-state index in [2.05, 4.69) is 15.7 Å². The van der Waals surface area contributed by atoms with E-state index >= 15 is 0 Å². The second-order valence-corrected chi connectivity index (χ2v) is 5.13. The predicted molar refractivity (Wildman–Crippen MR) is 73.0 cm³/mol. The van der Waals surface area contributed by atoms with E-state index in [9.17, 15) is 9.59 Å². The minimum Gasteiger partial charge on any atom is -0.383 e. The zero-order chi connectivity index (χ0) is 14.5. The number of nitrogens with zero attached hydrogens (tertiary/aromatic N) is 4. The lowest BCUT2D eigenvalue weighted by molar-refractivity contribution is -0.122. The van der Waals surface area contributed by atoms with E-state index < -0.39 is 5.69 Å². The Morgan fingerprint density at radius 1 is 1.55 bits per heavy atom. The number of carbonyl (C=O) groups is 1. The number of ether oxygens (including phenoxy) is 1. The van der Waals surface area contributed by atoms with Crippen LogP contribution in [-0.2, 0) is 16.1 Å². The average Bonchev–Trinajstić information content (AvgIpc) is 3.00. The molecule has 0 aliphatic rings. The van der Waals surface area contributed by atoms with Crippen molar-refractivity contribution in [2.24, 2.45) is 0 Å². The number of tetrazole rings is 1. The number of carbonyl (C=O) groups excluding carboxylic acids is 1. The zero-order valence-electron chi connectivity index (χ0n) is 11.1. The molecular weight excluding hydrogens is 282 g/mol. The molecule has 9 heteroatoms. The Labute approximate surface area is 118 Å². The van der Waals surface area contributed by atoms with Crippen LogP contribution in [0.2, 0.25) is 0 Å². The topological polar surface area (TPSA) is 91.0 Å². The normalized spacial score (nSPS) is 12.3. The molecule has 0 fully saturated rings. The molecule has 0 saturated heterocycles. The van der Waals surface area contributed by atoms with Crippen LogP contribution in [-0.4, -0.2) is 45.5 Å². The summed E-state index contributed by atoms with van der Waals surface area (Å²) in [6, 6.07) is 3.44. The maximum absolute atomic E-state index is 12.0. The zero-order valence-corrected chi connectivity index (χ0v) is 12.0. The van der Waals surface area contributed by atoms with Gasteiger partial charge in [-0.3, -0.25) is 4.79 Å². The van der Waals surface area contributed by atoms with Gasteiger partial charge in [-0.05, 0) is 34.9 Å². The second kappa shape index (κ2) is 6.44. The van der Waals surface area contributed by atoms with Crippen LogP contribution >= 0.6 is 11.3 Å². The molecule has 0 aliphatic carbocycles. The largest absolute Gasteiger partial charge is 0.383 e. The number of rotatable bonds is 6. The molecule has 0 saturated carbocycles. The molecular formula is C11H15N5O3S. The average molecular weight is 297 g/mol. The van der Waals surface area contributed by atoms with Crippen molar-refractivity contribution in [3.63, 3.8) is 0 Å². The summed E-state index contributed by atoms with van der Waals surface area (Å²) < 4.78 is 7.10. The van der Waals surface area contributed by atoms with E-state index in [-0.39, 0.29) is 18.5 Å². The van der Waals surface area contributed by atoms with E-state index in [0.717, 1.165) is 9.36 Å². The van der Waals surface area contributed by atoms with Crippen molar-refractivity contribution < 1.29 is 9.53 Å². The molecule has 0 spiro atoms. The van der Waals surface area contributed by atoms with Gasteiger partial charge in [-0.15, -0.1) is 11.3 Å². The number of hydrogen-bond acceptors (Lipinski definition) is 6. The third-order valence-corrected chi connectivity index (χ3v) is 3.32. The van der Waals surface area contributed by atoms with Gasteiger partial charge in [-0.2, -0.15) is 9.36 Å². The summed E-state index contributed by atoms with van der Waals surface area (Å²) in [5.74, 6) is -0.310. The standard InChI is InChI=1S/C11H15N5O3S/c1-8(7-19-2)12-9(17)6-15-11(18)16(14-13-15)10-4-3-5-20-10/h3-5,8H,6-7H2,1-2H3,(H,12,17)/t8-/m0/s1. The van der Waals surface area contributed by atoms with Gasteiger partial charge in [0.2, 0.25) is 5.91 Å². The number of thiophene rings is 1. The molecule has 20 heavy (non-hydrogen) atoms. The first kappa shape index (κ1) is 14.4. The quantitative estimate of drug-likeness (QED) is 0.786. The highest BCUT2D eigenvalue weighted by Crippen LogP contribution is 2.10. The van der Waals surface area contributed by atoms with Crippen LogP contribution in [0, 0.1) is 0 Å². The molecule has 0 unspecified atom stereocenters. The van der Waals surface area contributed by atoms with E-state index in [1.165, 1.54) is 11.3 Å². The lowest BCUT2D eigenvalue weighted by atomic mass is 10.3. The molecule has 1 atom stereocenters. The van der Waals surface area contributed by atoms with Crippen LogP contribution in [0.25, 0.3) is 5.00 Å². The van der Waals surface area contributed by atoms with E-state index in [0.29, 0.717) is 11.6 Å². The molecule has 2 rings (SSSR count). The van der Waals surface area contributed by atoms with Gasteiger partial charge in [0.25, 0.3) is 0 Å². The SMILES string of the molecule is COC[C@H](C)NC(=O)Cn1nnn(-c2cccs2)c1=O. The van der Waals surface area contributed by atoms with Crippen molar-refractivity contribution in [2.45, 2.75) is 19.5 Å². The highest BCUT2D eigenvalue weighted by atomic mass is 32.1. The Morgan fingerprint density at radius 3 is 3.00 bits per heavy atom. The lowest BCUT2D eigenvalue weighted by Gasteiger charge is -2.11. The van der Waals surface area contributed by atoms with Crippen molar-refractivity contribution in [3.05, 3.63) is 28.0 Å². The van der Waals surface area contributed by atoms with Crippen LogP contribution in [0.15, 0.2) is 22.3 Å². The molecule has 0 bridgehead atoms. The maximum atomic E-state index is 12.0. The summed E-state index contributed by atoms with van der Waals surface area (Å²) >= 11 is 1.37. The number of methoxy groups -OCH3 is 1. The first-order chi connectivity index (χ1) is 9.61. The first-order valence-corrected chi connectivity index (χ1v) is 6.84. The lowest BCUT2D eigenvalue weighted by Crippen LogP contribution is -2.39. The van der Waals surface area contributed by atoms with Gasteiger partial charge in [0.05, 0.1) is 6.61 Å². The molecule has 2 aromatic heterocycles. The Kier molecular flexibility index (Phi) is 4.64. The minimum atomic E-state index is -0.443. The number of nitrogens with one attached hydrogen (secondary N) is 1. The molecule has 1 amide bonds. The summed E-state index contributed by atoms with van der Waals surface area (Å²) in [5, 5.41) is 12.6. The van der Waals surface area contributed by atoms with Gasteiger partial charge < -0.3 is 10.1 Å². The minimum absolute atomic E-state index is 0.129. The molecule has 2 heterocycles. The Balaban J connectivity index is 2.04.